The quantitative estimate of drug-likeness (QED) is 0.525. The third-order valence-electron chi connectivity index (χ3n) is 2.59. The van der Waals surface area contributed by atoms with E-state index in [-0.39, 0.29) is 11.2 Å². The molecular weight excluding hydrogens is 184 g/mol. The highest BCUT2D eigenvalue weighted by Gasteiger charge is 2.14. The second-order valence-electron chi connectivity index (χ2n) is 4.81. The zero-order chi connectivity index (χ0) is 11.5. The predicted octanol–water partition coefficient (Wildman–Crippen LogP) is 3.86. The SMILES string of the molecule is C/C(=C\C(=O)c1ccccc1)C(C)(C)C. The Bertz CT molecular complexity index is 366. The van der Waals surface area contributed by atoms with Crippen LogP contribution in [0.4, 0.5) is 0 Å². The summed E-state index contributed by atoms with van der Waals surface area (Å²) in [5.74, 6) is 0.0861. The first-order chi connectivity index (χ1) is 6.91. The molecule has 0 saturated heterocycles. The van der Waals surface area contributed by atoms with E-state index in [0.29, 0.717) is 0 Å². The molecule has 0 heterocycles. The van der Waals surface area contributed by atoms with Gasteiger partial charge in [-0.2, -0.15) is 0 Å². The molecule has 0 unspecified atom stereocenters. The van der Waals surface area contributed by atoms with Crippen LogP contribution in [-0.2, 0) is 0 Å². The summed E-state index contributed by atoms with van der Waals surface area (Å²) in [5, 5.41) is 0. The smallest absolute Gasteiger partial charge is 0.185 e. The van der Waals surface area contributed by atoms with Crippen LogP contribution in [0, 0.1) is 5.41 Å². The van der Waals surface area contributed by atoms with Crippen LogP contribution < -0.4 is 0 Å². The first-order valence-electron chi connectivity index (χ1n) is 5.19. The zero-order valence-corrected chi connectivity index (χ0v) is 9.87. The number of carbonyl (C=O) groups excluding carboxylic acids is 1. The molecule has 0 aromatic heterocycles. The van der Waals surface area contributed by atoms with E-state index >= 15 is 0 Å². The van der Waals surface area contributed by atoms with Gasteiger partial charge >= 0.3 is 0 Å². The summed E-state index contributed by atoms with van der Waals surface area (Å²) in [5.41, 5.74) is 1.92. The van der Waals surface area contributed by atoms with Gasteiger partial charge in [-0.15, -0.1) is 0 Å². The summed E-state index contributed by atoms with van der Waals surface area (Å²) in [4.78, 5) is 11.8. The largest absolute Gasteiger partial charge is 0.289 e. The average Bonchev–Trinajstić information content (AvgIpc) is 2.17. The fourth-order valence-corrected chi connectivity index (χ4v) is 1.10. The molecule has 1 nitrogen and oxygen atoms in total. The van der Waals surface area contributed by atoms with E-state index in [1.807, 2.05) is 37.3 Å². The summed E-state index contributed by atoms with van der Waals surface area (Å²) >= 11 is 0. The monoisotopic (exact) mass is 202 g/mol. The summed E-state index contributed by atoms with van der Waals surface area (Å²) in [7, 11) is 0. The molecule has 0 bridgehead atoms. The second-order valence-corrected chi connectivity index (χ2v) is 4.81. The van der Waals surface area contributed by atoms with Gasteiger partial charge in [-0.05, 0) is 18.4 Å². The molecule has 1 rings (SSSR count). The summed E-state index contributed by atoms with van der Waals surface area (Å²) in [6, 6.07) is 9.36. The number of hydrogen-bond acceptors (Lipinski definition) is 1. The highest BCUT2D eigenvalue weighted by molar-refractivity contribution is 6.04. The lowest BCUT2D eigenvalue weighted by molar-refractivity contribution is 0.104. The predicted molar refractivity (Wildman–Crippen MR) is 64.0 cm³/mol. The Morgan fingerprint density at radius 2 is 1.67 bits per heavy atom. The van der Waals surface area contributed by atoms with Crippen LogP contribution in [0.3, 0.4) is 0 Å². The van der Waals surface area contributed by atoms with Crippen molar-refractivity contribution in [2.75, 3.05) is 0 Å². The average molecular weight is 202 g/mol. The van der Waals surface area contributed by atoms with Gasteiger partial charge in [-0.3, -0.25) is 4.79 Å². The van der Waals surface area contributed by atoms with Crippen molar-refractivity contribution >= 4 is 5.78 Å². The van der Waals surface area contributed by atoms with E-state index in [2.05, 4.69) is 20.8 Å². The van der Waals surface area contributed by atoms with Gasteiger partial charge in [0, 0.05) is 5.56 Å². The third kappa shape index (κ3) is 3.35. The van der Waals surface area contributed by atoms with Crippen molar-refractivity contribution in [1.29, 1.82) is 0 Å². The maximum Gasteiger partial charge on any atom is 0.185 e. The molecule has 0 spiro atoms. The van der Waals surface area contributed by atoms with Gasteiger partial charge in [0.1, 0.15) is 0 Å². The molecule has 80 valence electrons. The van der Waals surface area contributed by atoms with E-state index in [1.165, 1.54) is 0 Å². The standard InChI is InChI=1S/C14H18O/c1-11(14(2,3)4)10-13(15)12-8-6-5-7-9-12/h5-10H,1-4H3/b11-10+. The molecule has 0 aliphatic heterocycles. The van der Waals surface area contributed by atoms with Crippen molar-refractivity contribution in [3.05, 3.63) is 47.5 Å². The van der Waals surface area contributed by atoms with Crippen LogP contribution in [0.15, 0.2) is 42.0 Å². The number of ketones is 1. The van der Waals surface area contributed by atoms with Gasteiger partial charge in [0.05, 0.1) is 0 Å². The highest BCUT2D eigenvalue weighted by atomic mass is 16.1. The molecule has 1 aromatic rings. The summed E-state index contributed by atoms with van der Waals surface area (Å²) < 4.78 is 0. The molecule has 0 saturated carbocycles. The number of benzene rings is 1. The van der Waals surface area contributed by atoms with Gasteiger partial charge in [0.15, 0.2) is 5.78 Å². The number of carbonyl (C=O) groups is 1. The van der Waals surface area contributed by atoms with E-state index in [0.717, 1.165) is 11.1 Å². The van der Waals surface area contributed by atoms with Gasteiger partial charge < -0.3 is 0 Å². The van der Waals surface area contributed by atoms with Crippen LogP contribution in [0.5, 0.6) is 0 Å². The summed E-state index contributed by atoms with van der Waals surface area (Å²) in [6.45, 7) is 8.33. The Labute approximate surface area is 91.8 Å². The van der Waals surface area contributed by atoms with Crippen LogP contribution in [-0.4, -0.2) is 5.78 Å². The van der Waals surface area contributed by atoms with E-state index < -0.39 is 0 Å². The van der Waals surface area contributed by atoms with E-state index in [4.69, 9.17) is 0 Å². The molecule has 0 radical (unpaired) electrons. The zero-order valence-electron chi connectivity index (χ0n) is 9.87. The second kappa shape index (κ2) is 4.43. The van der Waals surface area contributed by atoms with Crippen LogP contribution in [0.25, 0.3) is 0 Å². The van der Waals surface area contributed by atoms with Crippen molar-refractivity contribution < 1.29 is 4.79 Å². The van der Waals surface area contributed by atoms with Crippen LogP contribution in [0.1, 0.15) is 38.1 Å². The molecular formula is C14H18O. The van der Waals surface area contributed by atoms with Gasteiger partial charge in [-0.25, -0.2) is 0 Å². The molecule has 0 aliphatic rings. The Morgan fingerprint density at radius 1 is 1.13 bits per heavy atom. The fraction of sp³-hybridized carbons (Fsp3) is 0.357. The molecule has 0 atom stereocenters. The molecule has 0 N–H and O–H groups in total. The molecule has 1 aromatic carbocycles. The highest BCUT2D eigenvalue weighted by Crippen LogP contribution is 2.24. The number of rotatable bonds is 2. The van der Waals surface area contributed by atoms with Crippen molar-refractivity contribution in [2.24, 2.45) is 5.41 Å². The Balaban J connectivity index is 2.90. The Kier molecular flexibility index (Phi) is 3.46. The minimum Gasteiger partial charge on any atom is -0.289 e. The van der Waals surface area contributed by atoms with Gasteiger partial charge in [0.2, 0.25) is 0 Å². The minimum atomic E-state index is 0.0600. The first kappa shape index (κ1) is 11.7. The Morgan fingerprint density at radius 3 is 2.13 bits per heavy atom. The van der Waals surface area contributed by atoms with Crippen molar-refractivity contribution in [2.45, 2.75) is 27.7 Å². The van der Waals surface area contributed by atoms with Crippen LogP contribution in [0.2, 0.25) is 0 Å². The number of allylic oxidation sites excluding steroid dienone is 2. The van der Waals surface area contributed by atoms with E-state index in [1.54, 1.807) is 6.08 Å². The van der Waals surface area contributed by atoms with Gasteiger partial charge in [0.25, 0.3) is 0 Å². The van der Waals surface area contributed by atoms with Gasteiger partial charge in [-0.1, -0.05) is 56.7 Å². The lowest BCUT2D eigenvalue weighted by atomic mass is 9.86. The molecule has 0 aliphatic carbocycles. The fourth-order valence-electron chi connectivity index (χ4n) is 1.10. The first-order valence-corrected chi connectivity index (χ1v) is 5.19. The summed E-state index contributed by atoms with van der Waals surface area (Å²) in [6.07, 6.45) is 1.73. The molecule has 1 heteroatoms. The van der Waals surface area contributed by atoms with Crippen molar-refractivity contribution in [3.8, 4) is 0 Å². The lowest BCUT2D eigenvalue weighted by Crippen LogP contribution is -2.08. The van der Waals surface area contributed by atoms with E-state index in [9.17, 15) is 4.79 Å². The topological polar surface area (TPSA) is 17.1 Å². The van der Waals surface area contributed by atoms with Crippen molar-refractivity contribution in [3.63, 3.8) is 0 Å². The molecule has 0 amide bonds. The normalized spacial score (nSPS) is 12.7. The molecule has 15 heavy (non-hydrogen) atoms. The Hall–Kier alpha value is -1.37. The lowest BCUT2D eigenvalue weighted by Gasteiger charge is -2.19. The number of hydrogen-bond donors (Lipinski definition) is 0. The minimum absolute atomic E-state index is 0.0600. The maximum absolute atomic E-state index is 11.8. The molecule has 0 fully saturated rings. The van der Waals surface area contributed by atoms with Crippen molar-refractivity contribution in [1.82, 2.24) is 0 Å². The third-order valence-corrected chi connectivity index (χ3v) is 2.59. The van der Waals surface area contributed by atoms with Crippen LogP contribution >= 0.6 is 0 Å². The maximum atomic E-state index is 11.8.